The molecule has 1 heterocycles. The lowest BCUT2D eigenvalue weighted by atomic mass is 10.0. The lowest BCUT2D eigenvalue weighted by molar-refractivity contribution is 0.817. The molecule has 0 aliphatic rings. The number of thioether (sulfide) groups is 1. The average molecular weight is 337 g/mol. The third-order valence-electron chi connectivity index (χ3n) is 3.65. The van der Waals surface area contributed by atoms with Crippen molar-refractivity contribution in [2.24, 2.45) is 0 Å². The number of pyridine rings is 1. The second-order valence-electron chi connectivity index (χ2n) is 5.24. The minimum absolute atomic E-state index is 0.195. The van der Waals surface area contributed by atoms with Gasteiger partial charge in [0, 0.05) is 12.3 Å². The maximum absolute atomic E-state index is 9.47. The number of benzene rings is 1. The summed E-state index contributed by atoms with van der Waals surface area (Å²) in [5, 5.41) is 22.4. The number of rotatable bonds is 6. The molecule has 24 heavy (non-hydrogen) atoms. The summed E-state index contributed by atoms with van der Waals surface area (Å²) in [5.41, 5.74) is 9.71. The molecule has 0 aliphatic carbocycles. The van der Waals surface area contributed by atoms with Gasteiger partial charge in [0.15, 0.2) is 0 Å². The van der Waals surface area contributed by atoms with E-state index in [1.54, 1.807) is 0 Å². The van der Waals surface area contributed by atoms with Crippen LogP contribution in [-0.4, -0.2) is 12.0 Å². The highest BCUT2D eigenvalue weighted by Gasteiger charge is 2.17. The largest absolute Gasteiger partial charge is 0.383 e. The van der Waals surface area contributed by atoms with E-state index in [1.807, 2.05) is 14.0 Å². The number of nitrogens with one attached hydrogen (secondary N) is 1. The van der Waals surface area contributed by atoms with Crippen LogP contribution in [0.25, 0.3) is 0 Å². The molecule has 0 amide bonds. The summed E-state index contributed by atoms with van der Waals surface area (Å²) in [6.45, 7) is 2.74. The van der Waals surface area contributed by atoms with Crippen LogP contribution in [0.5, 0.6) is 0 Å². The first-order valence-corrected chi connectivity index (χ1v) is 8.60. The normalized spacial score (nSPS) is 10.2. The van der Waals surface area contributed by atoms with Crippen molar-refractivity contribution in [3.63, 3.8) is 0 Å². The summed E-state index contributed by atoms with van der Waals surface area (Å²) in [5.74, 6) is 0.885. The molecular formula is C18H19N5S. The fraction of sp³-hybridized carbons (Fsp3) is 0.278. The van der Waals surface area contributed by atoms with Gasteiger partial charge in [-0.05, 0) is 30.2 Å². The van der Waals surface area contributed by atoms with E-state index in [-0.39, 0.29) is 5.82 Å². The minimum Gasteiger partial charge on any atom is -0.383 e. The first kappa shape index (κ1) is 17.8. The van der Waals surface area contributed by atoms with Gasteiger partial charge in [0.05, 0.1) is 11.1 Å². The van der Waals surface area contributed by atoms with Gasteiger partial charge in [0.2, 0.25) is 0 Å². The van der Waals surface area contributed by atoms with E-state index in [2.05, 4.69) is 46.7 Å². The first-order chi connectivity index (χ1) is 11.6. The minimum atomic E-state index is 0.195. The van der Waals surface area contributed by atoms with Gasteiger partial charge in [-0.2, -0.15) is 10.5 Å². The number of nitrogens with two attached hydrogens (primary N) is 1. The molecule has 0 bridgehead atoms. The average Bonchev–Trinajstić information content (AvgIpc) is 2.60. The van der Waals surface area contributed by atoms with Crippen molar-refractivity contribution < 1.29 is 0 Å². The number of hydrogen-bond acceptors (Lipinski definition) is 6. The number of hydrogen-bond donors (Lipinski definition) is 2. The van der Waals surface area contributed by atoms with E-state index in [9.17, 15) is 10.5 Å². The monoisotopic (exact) mass is 337 g/mol. The Bertz CT molecular complexity index is 800. The third kappa shape index (κ3) is 3.86. The molecule has 5 nitrogen and oxygen atoms in total. The van der Waals surface area contributed by atoms with Gasteiger partial charge in [-0.15, -0.1) is 11.8 Å². The number of anilines is 1. The van der Waals surface area contributed by atoms with E-state index in [1.165, 1.54) is 17.3 Å². The topological polar surface area (TPSA) is 98.5 Å². The quantitative estimate of drug-likeness (QED) is 0.786. The Labute approximate surface area is 146 Å². The summed E-state index contributed by atoms with van der Waals surface area (Å²) in [7, 11) is 1.92. The van der Waals surface area contributed by atoms with Crippen LogP contribution in [0.1, 0.15) is 34.7 Å². The van der Waals surface area contributed by atoms with Gasteiger partial charge in [0.1, 0.15) is 23.0 Å². The van der Waals surface area contributed by atoms with Gasteiger partial charge in [-0.1, -0.05) is 31.2 Å². The Balaban J connectivity index is 2.25. The van der Waals surface area contributed by atoms with E-state index in [0.29, 0.717) is 33.9 Å². The second-order valence-corrected chi connectivity index (χ2v) is 6.21. The molecule has 1 aromatic heterocycles. The predicted octanol–water partition coefficient (Wildman–Crippen LogP) is 2.98. The summed E-state index contributed by atoms with van der Waals surface area (Å²) in [6, 6.07) is 12.5. The molecule has 0 atom stereocenters. The van der Waals surface area contributed by atoms with Crippen molar-refractivity contribution in [3.8, 4) is 12.1 Å². The highest BCUT2D eigenvalue weighted by molar-refractivity contribution is 7.98. The van der Waals surface area contributed by atoms with Crippen LogP contribution >= 0.6 is 11.8 Å². The predicted molar refractivity (Wildman–Crippen MR) is 96.2 cm³/mol. The molecule has 0 unspecified atom stereocenters. The van der Waals surface area contributed by atoms with Gasteiger partial charge in [0.25, 0.3) is 0 Å². The SMILES string of the molecule is CCc1c(C#N)c(N)nc(SCc2ccc(CNC)cc2)c1C#N. The third-order valence-corrected chi connectivity index (χ3v) is 4.70. The summed E-state index contributed by atoms with van der Waals surface area (Å²) in [4.78, 5) is 4.27. The number of nitrogens with zero attached hydrogens (tertiary/aromatic N) is 3. The van der Waals surface area contributed by atoms with Crippen molar-refractivity contribution in [3.05, 3.63) is 52.1 Å². The van der Waals surface area contributed by atoms with Gasteiger partial charge in [-0.3, -0.25) is 0 Å². The van der Waals surface area contributed by atoms with E-state index in [0.717, 1.165) is 12.1 Å². The molecule has 0 aliphatic heterocycles. The molecule has 6 heteroatoms. The van der Waals surface area contributed by atoms with E-state index >= 15 is 0 Å². The van der Waals surface area contributed by atoms with Crippen LogP contribution in [0.4, 0.5) is 5.82 Å². The molecule has 0 saturated carbocycles. The Morgan fingerprint density at radius 1 is 1.12 bits per heavy atom. The molecule has 2 aromatic rings. The molecule has 122 valence electrons. The molecule has 0 spiro atoms. The van der Waals surface area contributed by atoms with Crippen molar-refractivity contribution in [1.29, 1.82) is 10.5 Å². The fourth-order valence-electron chi connectivity index (χ4n) is 2.44. The van der Waals surface area contributed by atoms with Crippen molar-refractivity contribution in [2.45, 2.75) is 30.7 Å². The van der Waals surface area contributed by atoms with Crippen LogP contribution in [0.15, 0.2) is 29.3 Å². The van der Waals surface area contributed by atoms with Crippen molar-refractivity contribution in [1.82, 2.24) is 10.3 Å². The molecule has 3 N–H and O–H groups in total. The molecule has 0 radical (unpaired) electrons. The highest BCUT2D eigenvalue weighted by atomic mass is 32.2. The van der Waals surface area contributed by atoms with Crippen LogP contribution in [0.2, 0.25) is 0 Å². The second kappa shape index (κ2) is 8.35. The van der Waals surface area contributed by atoms with Gasteiger partial charge < -0.3 is 11.1 Å². The van der Waals surface area contributed by atoms with Crippen molar-refractivity contribution in [2.75, 3.05) is 12.8 Å². The molecule has 0 fully saturated rings. The van der Waals surface area contributed by atoms with E-state index in [4.69, 9.17) is 5.73 Å². The fourth-order valence-corrected chi connectivity index (χ4v) is 3.41. The Kier molecular flexibility index (Phi) is 6.20. The summed E-state index contributed by atoms with van der Waals surface area (Å²) < 4.78 is 0. The standard InChI is InChI=1S/C18H19N5S/c1-3-14-15(8-19)17(21)23-18(16(14)9-20)24-11-13-6-4-12(5-7-13)10-22-2/h4-7,22H,3,10-11H2,1-2H3,(H2,21,23). The van der Waals surface area contributed by atoms with Crippen LogP contribution in [0, 0.1) is 22.7 Å². The lowest BCUT2D eigenvalue weighted by Gasteiger charge is -2.11. The number of aromatic nitrogens is 1. The van der Waals surface area contributed by atoms with Gasteiger partial charge >= 0.3 is 0 Å². The molecular weight excluding hydrogens is 318 g/mol. The van der Waals surface area contributed by atoms with E-state index < -0.39 is 0 Å². The Morgan fingerprint density at radius 3 is 2.29 bits per heavy atom. The van der Waals surface area contributed by atoms with Crippen LogP contribution < -0.4 is 11.1 Å². The Hall–Kier alpha value is -2.54. The maximum atomic E-state index is 9.47. The van der Waals surface area contributed by atoms with Crippen molar-refractivity contribution >= 4 is 17.6 Å². The maximum Gasteiger partial charge on any atom is 0.143 e. The molecule has 2 rings (SSSR count). The van der Waals surface area contributed by atoms with Crippen LogP contribution in [-0.2, 0) is 18.7 Å². The molecule has 1 aromatic carbocycles. The summed E-state index contributed by atoms with van der Waals surface area (Å²) >= 11 is 1.47. The summed E-state index contributed by atoms with van der Waals surface area (Å²) in [6.07, 6.45) is 0.574. The molecule has 0 saturated heterocycles. The highest BCUT2D eigenvalue weighted by Crippen LogP contribution is 2.30. The smallest absolute Gasteiger partial charge is 0.143 e. The zero-order chi connectivity index (χ0) is 17.5. The first-order valence-electron chi connectivity index (χ1n) is 7.62. The lowest BCUT2D eigenvalue weighted by Crippen LogP contribution is -2.05. The Morgan fingerprint density at radius 2 is 1.75 bits per heavy atom. The zero-order valence-corrected chi connectivity index (χ0v) is 14.6. The van der Waals surface area contributed by atoms with Gasteiger partial charge in [-0.25, -0.2) is 4.98 Å². The number of nitrogen functional groups attached to an aromatic ring is 1. The van der Waals surface area contributed by atoms with Crippen LogP contribution in [0.3, 0.4) is 0 Å². The number of nitriles is 2. The zero-order valence-electron chi connectivity index (χ0n) is 13.8.